The molecule has 0 aromatic heterocycles. The Hall–Kier alpha value is -1.97. The molecule has 0 saturated carbocycles. The highest BCUT2D eigenvalue weighted by Crippen LogP contribution is 2.26. The van der Waals surface area contributed by atoms with Gasteiger partial charge in [0.25, 0.3) is 0 Å². The molecule has 2 aromatic carbocycles. The predicted molar refractivity (Wildman–Crippen MR) is 75.3 cm³/mol. The monoisotopic (exact) mass is 279 g/mol. The fourth-order valence-corrected chi connectivity index (χ4v) is 2.18. The van der Waals surface area contributed by atoms with Crippen LogP contribution in [0.3, 0.4) is 0 Å². The lowest BCUT2D eigenvalue weighted by atomic mass is 10.0. The summed E-state index contributed by atoms with van der Waals surface area (Å²) in [6, 6.07) is 9.35. The highest BCUT2D eigenvalue weighted by molar-refractivity contribution is 5.66. The van der Waals surface area contributed by atoms with Gasteiger partial charge in [0.15, 0.2) is 17.5 Å². The van der Waals surface area contributed by atoms with E-state index in [9.17, 15) is 13.2 Å². The van der Waals surface area contributed by atoms with E-state index in [1.165, 1.54) is 0 Å². The van der Waals surface area contributed by atoms with E-state index in [1.54, 1.807) is 12.1 Å². The molecule has 0 N–H and O–H groups in total. The third-order valence-corrected chi connectivity index (χ3v) is 3.31. The minimum Gasteiger partial charge on any atom is -0.372 e. The first-order chi connectivity index (χ1) is 9.56. The molecule has 20 heavy (non-hydrogen) atoms. The fourth-order valence-electron chi connectivity index (χ4n) is 2.18. The first-order valence-corrected chi connectivity index (χ1v) is 6.56. The average Bonchev–Trinajstić information content (AvgIpc) is 2.46. The molecule has 0 aliphatic carbocycles. The molecule has 2 rings (SSSR count). The van der Waals surface area contributed by atoms with E-state index in [4.69, 9.17) is 0 Å². The first-order valence-electron chi connectivity index (χ1n) is 6.56. The van der Waals surface area contributed by atoms with Gasteiger partial charge in [0, 0.05) is 18.8 Å². The van der Waals surface area contributed by atoms with Crippen LogP contribution < -0.4 is 4.90 Å². The molecule has 0 heterocycles. The lowest BCUT2D eigenvalue weighted by Crippen LogP contribution is -2.21. The van der Waals surface area contributed by atoms with Crippen molar-refractivity contribution in [1.82, 2.24) is 0 Å². The van der Waals surface area contributed by atoms with Crippen LogP contribution in [0.25, 0.3) is 11.1 Å². The molecule has 0 aliphatic heterocycles. The maximum Gasteiger partial charge on any atom is 0.194 e. The van der Waals surface area contributed by atoms with Gasteiger partial charge in [-0.15, -0.1) is 0 Å². The van der Waals surface area contributed by atoms with Gasteiger partial charge >= 0.3 is 0 Å². The molecule has 0 unspecified atom stereocenters. The molecule has 1 nitrogen and oxygen atoms in total. The van der Waals surface area contributed by atoms with E-state index < -0.39 is 17.5 Å². The summed E-state index contributed by atoms with van der Waals surface area (Å²) in [5, 5.41) is 0. The van der Waals surface area contributed by atoms with Gasteiger partial charge in [0.2, 0.25) is 0 Å². The normalized spacial score (nSPS) is 10.7. The van der Waals surface area contributed by atoms with Gasteiger partial charge in [-0.3, -0.25) is 0 Å². The van der Waals surface area contributed by atoms with Gasteiger partial charge in [-0.25, -0.2) is 13.2 Å². The minimum absolute atomic E-state index is 0.326. The summed E-state index contributed by atoms with van der Waals surface area (Å²) in [6.45, 7) is 5.88. The molecule has 0 amide bonds. The van der Waals surface area contributed by atoms with Gasteiger partial charge in [-0.05, 0) is 49.2 Å². The summed E-state index contributed by atoms with van der Waals surface area (Å²) >= 11 is 0. The molecular weight excluding hydrogens is 263 g/mol. The van der Waals surface area contributed by atoms with Crippen LogP contribution in [0.4, 0.5) is 18.9 Å². The van der Waals surface area contributed by atoms with Crippen molar-refractivity contribution in [2.45, 2.75) is 13.8 Å². The Bertz CT molecular complexity index is 566. The standard InChI is InChI=1S/C16H16F3N/c1-3-20(4-2)13-7-5-11(6-8-13)12-9-14(17)16(19)15(18)10-12/h5-10H,3-4H2,1-2H3. The van der Waals surface area contributed by atoms with Gasteiger partial charge in [0.1, 0.15) is 0 Å². The van der Waals surface area contributed by atoms with Crippen molar-refractivity contribution in [3.8, 4) is 11.1 Å². The molecule has 0 radical (unpaired) electrons. The molecule has 106 valence electrons. The van der Waals surface area contributed by atoms with Gasteiger partial charge in [-0.2, -0.15) is 0 Å². The maximum absolute atomic E-state index is 13.2. The Kier molecular flexibility index (Phi) is 4.32. The Morgan fingerprint density at radius 1 is 0.800 bits per heavy atom. The lowest BCUT2D eigenvalue weighted by molar-refractivity contribution is 0.448. The fraction of sp³-hybridized carbons (Fsp3) is 0.250. The van der Waals surface area contributed by atoms with Crippen LogP contribution >= 0.6 is 0 Å². The summed E-state index contributed by atoms with van der Waals surface area (Å²) in [5.74, 6) is -3.78. The zero-order chi connectivity index (χ0) is 14.7. The largest absolute Gasteiger partial charge is 0.372 e. The number of rotatable bonds is 4. The number of hydrogen-bond acceptors (Lipinski definition) is 1. The third kappa shape index (κ3) is 2.79. The van der Waals surface area contributed by atoms with E-state index in [1.807, 2.05) is 12.1 Å². The van der Waals surface area contributed by atoms with Crippen LogP contribution in [0.5, 0.6) is 0 Å². The zero-order valence-electron chi connectivity index (χ0n) is 11.5. The number of nitrogens with zero attached hydrogens (tertiary/aromatic N) is 1. The summed E-state index contributed by atoms with van der Waals surface area (Å²) in [4.78, 5) is 2.16. The smallest absolute Gasteiger partial charge is 0.194 e. The predicted octanol–water partition coefficient (Wildman–Crippen LogP) is 4.62. The summed E-state index contributed by atoms with van der Waals surface area (Å²) in [5.41, 5.74) is 2.02. The second-order valence-electron chi connectivity index (χ2n) is 4.47. The molecule has 0 atom stereocenters. The summed E-state index contributed by atoms with van der Waals surface area (Å²) in [7, 11) is 0. The van der Waals surface area contributed by atoms with E-state index in [0.717, 1.165) is 30.9 Å². The zero-order valence-corrected chi connectivity index (χ0v) is 11.5. The van der Waals surface area contributed by atoms with Gasteiger partial charge in [-0.1, -0.05) is 12.1 Å². The van der Waals surface area contributed by atoms with Crippen LogP contribution in [0.2, 0.25) is 0 Å². The number of benzene rings is 2. The molecule has 4 heteroatoms. The molecule has 0 saturated heterocycles. The summed E-state index contributed by atoms with van der Waals surface area (Å²) in [6.07, 6.45) is 0. The SMILES string of the molecule is CCN(CC)c1ccc(-c2cc(F)c(F)c(F)c2)cc1. The average molecular weight is 279 g/mol. The van der Waals surface area contributed by atoms with E-state index in [-0.39, 0.29) is 0 Å². The Morgan fingerprint density at radius 3 is 1.75 bits per heavy atom. The Morgan fingerprint density at radius 2 is 1.30 bits per heavy atom. The van der Waals surface area contributed by atoms with Gasteiger partial charge in [0.05, 0.1) is 0 Å². The van der Waals surface area contributed by atoms with Crippen molar-refractivity contribution in [2.75, 3.05) is 18.0 Å². The van der Waals surface area contributed by atoms with Crippen molar-refractivity contribution >= 4 is 5.69 Å². The maximum atomic E-state index is 13.2. The van der Waals surface area contributed by atoms with Crippen LogP contribution in [0.15, 0.2) is 36.4 Å². The topological polar surface area (TPSA) is 3.24 Å². The first kappa shape index (κ1) is 14.4. The second-order valence-corrected chi connectivity index (χ2v) is 4.47. The molecule has 0 aliphatic rings. The Labute approximate surface area is 116 Å². The quantitative estimate of drug-likeness (QED) is 0.738. The van der Waals surface area contributed by atoms with Crippen molar-refractivity contribution in [3.05, 3.63) is 53.8 Å². The highest BCUT2D eigenvalue weighted by atomic mass is 19.2. The van der Waals surface area contributed by atoms with Crippen LogP contribution in [-0.2, 0) is 0 Å². The van der Waals surface area contributed by atoms with E-state index in [0.29, 0.717) is 11.1 Å². The number of hydrogen-bond donors (Lipinski definition) is 0. The molecule has 0 spiro atoms. The van der Waals surface area contributed by atoms with Crippen molar-refractivity contribution < 1.29 is 13.2 Å². The Balaban J connectivity index is 2.35. The highest BCUT2D eigenvalue weighted by Gasteiger charge is 2.11. The minimum atomic E-state index is -1.44. The van der Waals surface area contributed by atoms with Crippen molar-refractivity contribution in [1.29, 1.82) is 0 Å². The molecule has 2 aromatic rings. The van der Waals surface area contributed by atoms with Crippen molar-refractivity contribution in [2.24, 2.45) is 0 Å². The van der Waals surface area contributed by atoms with Gasteiger partial charge < -0.3 is 4.90 Å². The lowest BCUT2D eigenvalue weighted by Gasteiger charge is -2.21. The van der Waals surface area contributed by atoms with Crippen LogP contribution in [0, 0.1) is 17.5 Å². The second kappa shape index (κ2) is 5.99. The van der Waals surface area contributed by atoms with Crippen molar-refractivity contribution in [3.63, 3.8) is 0 Å². The number of anilines is 1. The van der Waals surface area contributed by atoms with Crippen LogP contribution in [0.1, 0.15) is 13.8 Å². The molecular formula is C16H16F3N. The molecule has 0 fully saturated rings. The third-order valence-electron chi connectivity index (χ3n) is 3.31. The molecule has 0 bridgehead atoms. The van der Waals surface area contributed by atoms with E-state index in [2.05, 4.69) is 18.7 Å². The summed E-state index contributed by atoms with van der Waals surface area (Å²) < 4.78 is 39.4. The van der Waals surface area contributed by atoms with E-state index >= 15 is 0 Å². The van der Waals surface area contributed by atoms with Crippen LogP contribution in [-0.4, -0.2) is 13.1 Å². The number of halogens is 3.